The summed E-state index contributed by atoms with van der Waals surface area (Å²) in [5.41, 5.74) is -0.109. The number of hydrogen-bond donors (Lipinski definition) is 3. The van der Waals surface area contributed by atoms with Crippen LogP contribution in [0.3, 0.4) is 0 Å². The van der Waals surface area contributed by atoms with Crippen LogP contribution in [0.1, 0.15) is 17.4 Å². The Bertz CT molecular complexity index is 343. The van der Waals surface area contributed by atoms with Crippen molar-refractivity contribution in [3.8, 4) is 0 Å². The second-order valence-electron chi connectivity index (χ2n) is 3.23. The molecule has 0 aliphatic heterocycles. The van der Waals surface area contributed by atoms with Gasteiger partial charge in [0.15, 0.2) is 11.5 Å². The van der Waals surface area contributed by atoms with E-state index in [1.54, 1.807) is 0 Å². The molecule has 0 fully saturated rings. The third kappa shape index (κ3) is 3.17. The molecule has 1 atom stereocenters. The third-order valence-electron chi connectivity index (χ3n) is 1.83. The summed E-state index contributed by atoms with van der Waals surface area (Å²) in [4.78, 5) is 18.3. The van der Waals surface area contributed by atoms with Crippen molar-refractivity contribution in [2.45, 2.75) is 6.92 Å². The van der Waals surface area contributed by atoms with Crippen LogP contribution in [-0.2, 0) is 0 Å². The van der Waals surface area contributed by atoms with Gasteiger partial charge < -0.3 is 15.5 Å². The zero-order chi connectivity index (χ0) is 11.3. The van der Waals surface area contributed by atoms with E-state index in [0.29, 0.717) is 6.54 Å². The molecule has 82 valence electrons. The molecule has 1 rings (SSSR count). The van der Waals surface area contributed by atoms with Crippen molar-refractivity contribution < 1.29 is 15.0 Å². The SMILES string of the molecule is CC(CO)CNc1nccnc1C(=O)O. The van der Waals surface area contributed by atoms with Crippen LogP contribution in [0.25, 0.3) is 0 Å². The van der Waals surface area contributed by atoms with Gasteiger partial charge in [0, 0.05) is 25.5 Å². The van der Waals surface area contributed by atoms with Gasteiger partial charge in [0.2, 0.25) is 0 Å². The van der Waals surface area contributed by atoms with Crippen molar-refractivity contribution in [2.24, 2.45) is 5.92 Å². The Hall–Kier alpha value is -1.69. The Kier molecular flexibility index (Phi) is 3.99. The second-order valence-corrected chi connectivity index (χ2v) is 3.23. The Morgan fingerprint density at radius 3 is 2.80 bits per heavy atom. The first-order valence-electron chi connectivity index (χ1n) is 4.54. The third-order valence-corrected chi connectivity index (χ3v) is 1.83. The van der Waals surface area contributed by atoms with Gasteiger partial charge in [-0.05, 0) is 5.92 Å². The average Bonchev–Trinajstić information content (AvgIpc) is 2.26. The van der Waals surface area contributed by atoms with E-state index in [2.05, 4.69) is 15.3 Å². The van der Waals surface area contributed by atoms with Crippen molar-refractivity contribution >= 4 is 11.8 Å². The molecule has 1 aromatic rings. The number of carboxylic acid groups (broad SMARTS) is 1. The molecule has 0 radical (unpaired) electrons. The fraction of sp³-hybridized carbons (Fsp3) is 0.444. The number of aromatic carboxylic acids is 1. The van der Waals surface area contributed by atoms with E-state index in [0.717, 1.165) is 0 Å². The van der Waals surface area contributed by atoms with E-state index in [1.165, 1.54) is 12.4 Å². The first-order valence-corrected chi connectivity index (χ1v) is 4.54. The van der Waals surface area contributed by atoms with E-state index in [4.69, 9.17) is 10.2 Å². The number of anilines is 1. The summed E-state index contributed by atoms with van der Waals surface area (Å²) < 4.78 is 0. The molecular weight excluding hydrogens is 198 g/mol. The number of nitrogens with zero attached hydrogens (tertiary/aromatic N) is 2. The van der Waals surface area contributed by atoms with Gasteiger partial charge in [-0.25, -0.2) is 14.8 Å². The molecule has 15 heavy (non-hydrogen) atoms. The van der Waals surface area contributed by atoms with Crippen LogP contribution < -0.4 is 5.32 Å². The standard InChI is InChI=1S/C9H13N3O3/c1-6(5-13)4-12-8-7(9(14)15)10-2-3-11-8/h2-3,6,13H,4-5H2,1H3,(H,11,12)(H,14,15). The van der Waals surface area contributed by atoms with Gasteiger partial charge in [-0.1, -0.05) is 6.92 Å². The lowest BCUT2D eigenvalue weighted by atomic mass is 10.2. The lowest BCUT2D eigenvalue weighted by Crippen LogP contribution is -2.17. The minimum absolute atomic E-state index is 0.0358. The summed E-state index contributed by atoms with van der Waals surface area (Å²) in [6.45, 7) is 2.33. The highest BCUT2D eigenvalue weighted by atomic mass is 16.4. The number of carbonyl (C=O) groups is 1. The van der Waals surface area contributed by atoms with Gasteiger partial charge >= 0.3 is 5.97 Å². The van der Waals surface area contributed by atoms with Crippen LogP contribution in [0.4, 0.5) is 5.82 Å². The first kappa shape index (κ1) is 11.4. The maximum Gasteiger partial charge on any atom is 0.358 e. The Balaban J connectivity index is 2.72. The highest BCUT2D eigenvalue weighted by molar-refractivity contribution is 5.90. The van der Waals surface area contributed by atoms with E-state index < -0.39 is 5.97 Å². The molecular formula is C9H13N3O3. The molecule has 6 heteroatoms. The minimum Gasteiger partial charge on any atom is -0.476 e. The fourth-order valence-electron chi connectivity index (χ4n) is 0.959. The lowest BCUT2D eigenvalue weighted by molar-refractivity contribution is 0.0691. The quantitative estimate of drug-likeness (QED) is 0.644. The van der Waals surface area contributed by atoms with Crippen LogP contribution in [0.15, 0.2) is 12.4 Å². The molecule has 1 heterocycles. The number of nitrogens with one attached hydrogen (secondary N) is 1. The van der Waals surface area contributed by atoms with Crippen LogP contribution in [0, 0.1) is 5.92 Å². The zero-order valence-electron chi connectivity index (χ0n) is 8.34. The number of carboxylic acids is 1. The van der Waals surface area contributed by atoms with Crippen molar-refractivity contribution in [1.29, 1.82) is 0 Å². The molecule has 0 bridgehead atoms. The summed E-state index contributed by atoms with van der Waals surface area (Å²) in [5.74, 6) is -0.860. The Morgan fingerprint density at radius 1 is 1.53 bits per heavy atom. The number of hydrogen-bond acceptors (Lipinski definition) is 5. The summed E-state index contributed by atoms with van der Waals surface area (Å²) in [6.07, 6.45) is 2.74. The molecule has 0 spiro atoms. The summed E-state index contributed by atoms with van der Waals surface area (Å²) in [6, 6.07) is 0. The predicted molar refractivity (Wildman–Crippen MR) is 53.7 cm³/mol. The van der Waals surface area contributed by atoms with Crippen molar-refractivity contribution in [1.82, 2.24) is 9.97 Å². The first-order chi connectivity index (χ1) is 7.15. The number of aliphatic hydroxyl groups excluding tert-OH is 1. The molecule has 0 aliphatic carbocycles. The van der Waals surface area contributed by atoms with Gasteiger partial charge in [0.1, 0.15) is 0 Å². The largest absolute Gasteiger partial charge is 0.476 e. The number of rotatable bonds is 5. The van der Waals surface area contributed by atoms with Gasteiger partial charge in [-0.3, -0.25) is 0 Å². The predicted octanol–water partition coefficient (Wildman–Crippen LogP) is 0.215. The molecule has 1 aromatic heterocycles. The van der Waals surface area contributed by atoms with Gasteiger partial charge in [0.25, 0.3) is 0 Å². The Labute approximate surface area is 87.0 Å². The van der Waals surface area contributed by atoms with E-state index in [-0.39, 0.29) is 24.0 Å². The molecule has 6 nitrogen and oxygen atoms in total. The zero-order valence-corrected chi connectivity index (χ0v) is 8.34. The van der Waals surface area contributed by atoms with Crippen LogP contribution >= 0.6 is 0 Å². The van der Waals surface area contributed by atoms with Crippen molar-refractivity contribution in [3.63, 3.8) is 0 Å². The maximum absolute atomic E-state index is 10.7. The fourth-order valence-corrected chi connectivity index (χ4v) is 0.959. The summed E-state index contributed by atoms with van der Waals surface area (Å²) >= 11 is 0. The van der Waals surface area contributed by atoms with Crippen molar-refractivity contribution in [3.05, 3.63) is 18.1 Å². The van der Waals surface area contributed by atoms with Crippen LogP contribution in [-0.4, -0.2) is 39.3 Å². The molecule has 3 N–H and O–H groups in total. The van der Waals surface area contributed by atoms with E-state index in [1.807, 2.05) is 6.92 Å². The topological polar surface area (TPSA) is 95.3 Å². The molecule has 1 unspecified atom stereocenters. The Morgan fingerprint density at radius 2 is 2.20 bits per heavy atom. The van der Waals surface area contributed by atoms with E-state index in [9.17, 15) is 4.79 Å². The molecule has 0 aromatic carbocycles. The van der Waals surface area contributed by atoms with E-state index >= 15 is 0 Å². The van der Waals surface area contributed by atoms with Crippen LogP contribution in [0.2, 0.25) is 0 Å². The monoisotopic (exact) mass is 211 g/mol. The second kappa shape index (κ2) is 5.26. The highest BCUT2D eigenvalue weighted by Gasteiger charge is 2.12. The molecule has 0 aliphatic rings. The van der Waals surface area contributed by atoms with Crippen molar-refractivity contribution in [2.75, 3.05) is 18.5 Å². The molecule has 0 saturated carbocycles. The lowest BCUT2D eigenvalue weighted by Gasteiger charge is -2.10. The van der Waals surface area contributed by atoms with Gasteiger partial charge in [-0.15, -0.1) is 0 Å². The molecule has 0 saturated heterocycles. The summed E-state index contributed by atoms with van der Waals surface area (Å²) in [7, 11) is 0. The molecule has 0 amide bonds. The number of aliphatic hydroxyl groups is 1. The number of aromatic nitrogens is 2. The maximum atomic E-state index is 10.7. The van der Waals surface area contributed by atoms with Gasteiger partial charge in [0.05, 0.1) is 0 Å². The smallest absolute Gasteiger partial charge is 0.358 e. The minimum atomic E-state index is -1.12. The normalized spacial score (nSPS) is 12.1. The highest BCUT2D eigenvalue weighted by Crippen LogP contribution is 2.08. The summed E-state index contributed by atoms with van der Waals surface area (Å²) in [5, 5.41) is 20.4. The van der Waals surface area contributed by atoms with Gasteiger partial charge in [-0.2, -0.15) is 0 Å². The van der Waals surface area contributed by atoms with Crippen LogP contribution in [0.5, 0.6) is 0 Å². The average molecular weight is 211 g/mol.